The van der Waals surface area contributed by atoms with Crippen LogP contribution in [0.5, 0.6) is 0 Å². The zero-order valence-electron chi connectivity index (χ0n) is 10.0. The quantitative estimate of drug-likeness (QED) is 0.794. The molecule has 0 atom stereocenters. The number of pyridine rings is 1. The number of anilines is 1. The normalized spacial score (nSPS) is 10.5. The Balaban J connectivity index is 1.88. The molecule has 94 valence electrons. The molecule has 3 aromatic rings. The minimum absolute atomic E-state index is 0.239. The van der Waals surface area contributed by atoms with Crippen molar-refractivity contribution in [3.8, 4) is 0 Å². The first-order valence-electron chi connectivity index (χ1n) is 5.86. The summed E-state index contributed by atoms with van der Waals surface area (Å²) in [7, 11) is 0. The fourth-order valence-electron chi connectivity index (χ4n) is 1.75. The Bertz CT molecular complexity index is 755. The number of nitrogens with one attached hydrogen (secondary N) is 1. The van der Waals surface area contributed by atoms with Gasteiger partial charge in [-0.05, 0) is 17.7 Å². The first kappa shape index (κ1) is 11.8. The molecule has 0 radical (unpaired) electrons. The highest BCUT2D eigenvalue weighted by Gasteiger charge is 2.04. The molecule has 0 spiro atoms. The molecule has 5 heteroatoms. The fraction of sp³-hybridized carbons (Fsp3) is 0.0714. The fourth-order valence-corrected chi connectivity index (χ4v) is 2.59. The van der Waals surface area contributed by atoms with Crippen LogP contribution in [0.1, 0.15) is 5.56 Å². The molecule has 3 rings (SSSR count). The van der Waals surface area contributed by atoms with Gasteiger partial charge >= 0.3 is 0 Å². The topological polar surface area (TPSA) is 54.9 Å². The Kier molecular flexibility index (Phi) is 3.20. The second-order valence-electron chi connectivity index (χ2n) is 4.02. The van der Waals surface area contributed by atoms with Gasteiger partial charge in [0.25, 0.3) is 5.56 Å². The van der Waals surface area contributed by atoms with Gasteiger partial charge in [0.1, 0.15) is 4.83 Å². The van der Waals surface area contributed by atoms with Gasteiger partial charge in [-0.1, -0.05) is 41.7 Å². The smallest absolute Gasteiger partial charge is 0.282 e. The van der Waals surface area contributed by atoms with Crippen LogP contribution < -0.4 is 10.9 Å². The number of aromatic nitrogens is 2. The molecule has 0 bridgehead atoms. The van der Waals surface area contributed by atoms with E-state index >= 15 is 0 Å². The maximum absolute atomic E-state index is 11.8. The number of benzene rings is 1. The number of hydrogen-bond acceptors (Lipinski definition) is 5. The van der Waals surface area contributed by atoms with Gasteiger partial charge in [-0.15, -0.1) is 0 Å². The highest BCUT2D eigenvalue weighted by atomic mass is 32.1. The minimum atomic E-state index is -0.239. The molecular weight excluding hydrogens is 258 g/mol. The van der Waals surface area contributed by atoms with Gasteiger partial charge in [-0.25, -0.2) is 4.98 Å². The van der Waals surface area contributed by atoms with Crippen LogP contribution in [0.3, 0.4) is 0 Å². The van der Waals surface area contributed by atoms with Crippen LogP contribution in [0.15, 0.2) is 53.5 Å². The molecule has 0 aliphatic rings. The summed E-state index contributed by atoms with van der Waals surface area (Å²) >= 11 is 1.39. The van der Waals surface area contributed by atoms with E-state index in [1.807, 2.05) is 30.3 Å². The second-order valence-corrected chi connectivity index (χ2v) is 5.00. The Labute approximate surface area is 113 Å². The lowest BCUT2D eigenvalue weighted by Crippen LogP contribution is -2.09. The Morgan fingerprint density at radius 2 is 1.95 bits per heavy atom. The third-order valence-corrected chi connectivity index (χ3v) is 3.63. The number of fused-ring (bicyclic) bond motifs is 1. The summed E-state index contributed by atoms with van der Waals surface area (Å²) in [5, 5.41) is 4.33. The standard InChI is InChI=1S/C14H11N3OS/c18-12-11-7-4-8-15-13(11)19-14(17-12)16-9-10-5-2-1-3-6-10/h1-8H,9H2,(H,16,17,18). The van der Waals surface area contributed by atoms with Crippen molar-refractivity contribution in [3.63, 3.8) is 0 Å². The molecule has 0 aliphatic carbocycles. The van der Waals surface area contributed by atoms with E-state index in [1.165, 1.54) is 11.3 Å². The largest absolute Gasteiger partial charge is 0.357 e. The maximum atomic E-state index is 11.8. The number of hydrogen-bond donors (Lipinski definition) is 1. The van der Waals surface area contributed by atoms with Crippen LogP contribution in [-0.4, -0.2) is 9.97 Å². The van der Waals surface area contributed by atoms with Crippen LogP contribution in [0.25, 0.3) is 10.2 Å². The van der Waals surface area contributed by atoms with E-state index in [9.17, 15) is 4.79 Å². The molecule has 0 saturated heterocycles. The summed E-state index contributed by atoms with van der Waals surface area (Å²) in [5.41, 5.74) is 0.905. The van der Waals surface area contributed by atoms with E-state index in [1.54, 1.807) is 18.3 Å². The average molecular weight is 269 g/mol. The lowest BCUT2D eigenvalue weighted by atomic mass is 10.2. The second kappa shape index (κ2) is 5.16. The molecular formula is C14H11N3OS. The Morgan fingerprint density at radius 1 is 1.11 bits per heavy atom. The zero-order chi connectivity index (χ0) is 13.1. The van der Waals surface area contributed by atoms with Gasteiger partial charge < -0.3 is 5.32 Å². The van der Waals surface area contributed by atoms with Crippen molar-refractivity contribution >= 4 is 26.7 Å². The van der Waals surface area contributed by atoms with Crippen molar-refractivity contribution in [3.05, 3.63) is 64.6 Å². The molecule has 1 N–H and O–H groups in total. The summed E-state index contributed by atoms with van der Waals surface area (Å²) in [5.74, 6) is 0. The third-order valence-electron chi connectivity index (χ3n) is 2.68. The molecule has 0 amide bonds. The van der Waals surface area contributed by atoms with Crippen LogP contribution in [0.4, 0.5) is 5.13 Å². The van der Waals surface area contributed by atoms with Crippen molar-refractivity contribution in [2.24, 2.45) is 0 Å². The monoisotopic (exact) mass is 269 g/mol. The van der Waals surface area contributed by atoms with Gasteiger partial charge in [0.05, 0.1) is 5.39 Å². The predicted octanol–water partition coefficient (Wildman–Crippen LogP) is 2.66. The molecule has 4 nitrogen and oxygen atoms in total. The molecule has 2 aromatic heterocycles. The molecule has 1 aromatic carbocycles. The van der Waals surface area contributed by atoms with E-state index < -0.39 is 0 Å². The number of rotatable bonds is 3. The Hall–Kier alpha value is -2.27. The van der Waals surface area contributed by atoms with Crippen LogP contribution in [-0.2, 0) is 6.54 Å². The average Bonchev–Trinajstić information content (AvgIpc) is 2.46. The SMILES string of the molecule is O=c1nc(NCc2ccccc2)sc2ncccc12. The summed E-state index contributed by atoms with van der Waals surface area (Å²) < 4.78 is 0. The van der Waals surface area contributed by atoms with E-state index in [2.05, 4.69) is 15.3 Å². The Morgan fingerprint density at radius 3 is 2.79 bits per heavy atom. The molecule has 0 unspecified atom stereocenters. The summed E-state index contributed by atoms with van der Waals surface area (Å²) in [4.78, 5) is 20.8. The van der Waals surface area contributed by atoms with Gasteiger partial charge in [0.2, 0.25) is 0 Å². The predicted molar refractivity (Wildman–Crippen MR) is 77.5 cm³/mol. The number of nitrogens with zero attached hydrogens (tertiary/aromatic N) is 2. The first-order chi connectivity index (χ1) is 9.33. The summed E-state index contributed by atoms with van der Waals surface area (Å²) in [6, 6.07) is 13.5. The van der Waals surface area contributed by atoms with Crippen molar-refractivity contribution in [2.45, 2.75) is 6.54 Å². The van der Waals surface area contributed by atoms with Crippen LogP contribution in [0.2, 0.25) is 0 Å². The maximum Gasteiger partial charge on any atom is 0.282 e. The van der Waals surface area contributed by atoms with E-state index in [4.69, 9.17) is 0 Å². The van der Waals surface area contributed by atoms with Crippen molar-refractivity contribution < 1.29 is 0 Å². The van der Waals surface area contributed by atoms with E-state index in [0.717, 1.165) is 5.56 Å². The molecule has 0 saturated carbocycles. The molecule has 0 aliphatic heterocycles. The molecule has 2 heterocycles. The van der Waals surface area contributed by atoms with Gasteiger partial charge in [-0.3, -0.25) is 4.79 Å². The minimum Gasteiger partial charge on any atom is -0.357 e. The van der Waals surface area contributed by atoms with Crippen LogP contribution in [0, 0.1) is 0 Å². The van der Waals surface area contributed by atoms with Crippen molar-refractivity contribution in [2.75, 3.05) is 5.32 Å². The zero-order valence-corrected chi connectivity index (χ0v) is 10.9. The first-order valence-corrected chi connectivity index (χ1v) is 6.68. The van der Waals surface area contributed by atoms with Crippen LogP contribution >= 0.6 is 11.3 Å². The molecule has 19 heavy (non-hydrogen) atoms. The lowest BCUT2D eigenvalue weighted by Gasteiger charge is -2.04. The summed E-state index contributed by atoms with van der Waals surface area (Å²) in [6.45, 7) is 0.641. The van der Waals surface area contributed by atoms with Gasteiger partial charge in [0.15, 0.2) is 5.13 Å². The van der Waals surface area contributed by atoms with E-state index in [-0.39, 0.29) is 5.56 Å². The highest BCUT2D eigenvalue weighted by Crippen LogP contribution is 2.18. The molecule has 0 fully saturated rings. The third kappa shape index (κ3) is 2.61. The summed E-state index contributed by atoms with van der Waals surface area (Å²) in [6.07, 6.45) is 1.68. The van der Waals surface area contributed by atoms with Gasteiger partial charge in [0, 0.05) is 12.7 Å². The van der Waals surface area contributed by atoms with E-state index in [0.29, 0.717) is 21.9 Å². The lowest BCUT2D eigenvalue weighted by molar-refractivity contribution is 1.12. The highest BCUT2D eigenvalue weighted by molar-refractivity contribution is 7.21. The van der Waals surface area contributed by atoms with Gasteiger partial charge in [-0.2, -0.15) is 4.98 Å². The van der Waals surface area contributed by atoms with Crippen molar-refractivity contribution in [1.82, 2.24) is 9.97 Å². The van der Waals surface area contributed by atoms with Crippen molar-refractivity contribution in [1.29, 1.82) is 0 Å².